The molecule has 0 aliphatic carbocycles. The van der Waals surface area contributed by atoms with Gasteiger partial charge in [-0.2, -0.15) is 0 Å². The molecule has 8 heteroatoms. The van der Waals surface area contributed by atoms with Crippen LogP contribution in [-0.2, 0) is 14.8 Å². The highest BCUT2D eigenvalue weighted by Gasteiger charge is 2.37. The number of amides is 1. The molecule has 0 saturated carbocycles. The second-order valence-electron chi connectivity index (χ2n) is 8.60. The van der Waals surface area contributed by atoms with Crippen LogP contribution in [0.1, 0.15) is 44.4 Å². The second-order valence-corrected chi connectivity index (χ2v) is 10.5. The van der Waals surface area contributed by atoms with Crippen molar-refractivity contribution in [3.63, 3.8) is 0 Å². The van der Waals surface area contributed by atoms with Crippen LogP contribution in [0.25, 0.3) is 0 Å². The van der Waals surface area contributed by atoms with E-state index in [1.54, 1.807) is 26.2 Å². The van der Waals surface area contributed by atoms with Crippen LogP contribution in [0.3, 0.4) is 0 Å². The number of sulfonamides is 1. The molecule has 0 aromatic heterocycles. The zero-order valence-electron chi connectivity index (χ0n) is 18.8. The van der Waals surface area contributed by atoms with Gasteiger partial charge in [-0.3, -0.25) is 9.10 Å². The van der Waals surface area contributed by atoms with Gasteiger partial charge in [-0.1, -0.05) is 17.7 Å². The Morgan fingerprint density at radius 2 is 1.87 bits per heavy atom. The monoisotopic (exact) mass is 446 g/mol. The van der Waals surface area contributed by atoms with Crippen molar-refractivity contribution >= 4 is 21.6 Å². The summed E-state index contributed by atoms with van der Waals surface area (Å²) < 4.78 is 37.6. The number of ether oxygens (including phenoxy) is 2. The Labute approximate surface area is 184 Å². The molecule has 2 aromatic rings. The van der Waals surface area contributed by atoms with Gasteiger partial charge >= 0.3 is 0 Å². The van der Waals surface area contributed by atoms with Gasteiger partial charge in [0.1, 0.15) is 23.1 Å². The molecule has 0 bridgehead atoms. The number of fused-ring (bicyclic) bond motifs is 1. The SMILES string of the molecule is COc1ccc2c(c1)[C@@H](NC(=O)[C@H](C)N(c1ccc(C)cc1)S(C)(=O)=O)CC(C)(C)O2. The smallest absolute Gasteiger partial charge is 0.244 e. The van der Waals surface area contributed by atoms with Gasteiger partial charge in [-0.25, -0.2) is 8.42 Å². The third-order valence-electron chi connectivity index (χ3n) is 5.37. The van der Waals surface area contributed by atoms with Crippen molar-refractivity contribution in [2.24, 2.45) is 0 Å². The summed E-state index contributed by atoms with van der Waals surface area (Å²) in [5, 5.41) is 3.03. The summed E-state index contributed by atoms with van der Waals surface area (Å²) in [4.78, 5) is 13.2. The maximum Gasteiger partial charge on any atom is 0.244 e. The standard InChI is InChI=1S/C23H30N2O5S/c1-15-7-9-17(10-8-15)25(31(6,27)28)16(2)22(26)24-20-14-23(3,4)30-21-12-11-18(29-5)13-19(20)21/h7-13,16,20H,14H2,1-6H3,(H,24,26)/t16-,20-/m0/s1. The van der Waals surface area contributed by atoms with Crippen molar-refractivity contribution < 1.29 is 22.7 Å². The first-order valence-electron chi connectivity index (χ1n) is 10.1. The van der Waals surface area contributed by atoms with Crippen LogP contribution in [0.15, 0.2) is 42.5 Å². The molecule has 0 fully saturated rings. The molecule has 1 heterocycles. The molecule has 0 radical (unpaired) electrons. The van der Waals surface area contributed by atoms with E-state index in [1.165, 1.54) is 0 Å². The van der Waals surface area contributed by atoms with E-state index in [1.807, 2.05) is 51.1 Å². The van der Waals surface area contributed by atoms with Gasteiger partial charge in [-0.15, -0.1) is 0 Å². The molecule has 3 rings (SSSR count). The van der Waals surface area contributed by atoms with E-state index >= 15 is 0 Å². The summed E-state index contributed by atoms with van der Waals surface area (Å²) >= 11 is 0. The van der Waals surface area contributed by atoms with Gasteiger partial charge < -0.3 is 14.8 Å². The quantitative estimate of drug-likeness (QED) is 0.733. The molecule has 0 spiro atoms. The van der Waals surface area contributed by atoms with E-state index < -0.39 is 21.7 Å². The van der Waals surface area contributed by atoms with Crippen LogP contribution < -0.4 is 19.1 Å². The Balaban J connectivity index is 1.91. The molecular formula is C23H30N2O5S. The van der Waals surface area contributed by atoms with Crippen molar-refractivity contribution in [1.82, 2.24) is 5.32 Å². The predicted octanol–water partition coefficient (Wildman–Crippen LogP) is 3.58. The van der Waals surface area contributed by atoms with Gasteiger partial charge in [0.25, 0.3) is 0 Å². The van der Waals surface area contributed by atoms with Crippen LogP contribution in [0.4, 0.5) is 5.69 Å². The van der Waals surface area contributed by atoms with Crippen LogP contribution >= 0.6 is 0 Å². The molecule has 1 aliphatic rings. The lowest BCUT2D eigenvalue weighted by atomic mass is 9.89. The number of benzene rings is 2. The van der Waals surface area contributed by atoms with E-state index in [-0.39, 0.29) is 11.9 Å². The number of methoxy groups -OCH3 is 1. The zero-order valence-corrected chi connectivity index (χ0v) is 19.6. The minimum absolute atomic E-state index is 0.344. The Kier molecular flexibility index (Phi) is 6.23. The number of hydrogen-bond donors (Lipinski definition) is 1. The molecule has 31 heavy (non-hydrogen) atoms. The third kappa shape index (κ3) is 5.12. The summed E-state index contributed by atoms with van der Waals surface area (Å²) in [6.45, 7) is 7.42. The third-order valence-corrected chi connectivity index (χ3v) is 6.61. The average Bonchev–Trinajstić information content (AvgIpc) is 2.67. The molecule has 0 unspecified atom stereocenters. The summed E-state index contributed by atoms with van der Waals surface area (Å²) in [5.41, 5.74) is 1.77. The van der Waals surface area contributed by atoms with Crippen molar-refractivity contribution in [2.75, 3.05) is 17.7 Å². The number of nitrogens with zero attached hydrogens (tertiary/aromatic N) is 1. The maximum atomic E-state index is 13.2. The van der Waals surface area contributed by atoms with E-state index in [2.05, 4.69) is 5.32 Å². The van der Waals surface area contributed by atoms with Gasteiger partial charge in [0.05, 0.1) is 25.1 Å². The Morgan fingerprint density at radius 3 is 2.45 bits per heavy atom. The van der Waals surface area contributed by atoms with Crippen molar-refractivity contribution in [3.8, 4) is 11.5 Å². The number of rotatable bonds is 6. The Bertz CT molecular complexity index is 1060. The number of hydrogen-bond acceptors (Lipinski definition) is 5. The van der Waals surface area contributed by atoms with Crippen LogP contribution in [0.2, 0.25) is 0 Å². The van der Waals surface area contributed by atoms with Crippen LogP contribution in [0, 0.1) is 6.92 Å². The topological polar surface area (TPSA) is 84.9 Å². The molecule has 1 amide bonds. The van der Waals surface area contributed by atoms with Crippen LogP contribution in [0.5, 0.6) is 11.5 Å². The normalized spacial score (nSPS) is 18.3. The highest BCUT2D eigenvalue weighted by atomic mass is 32.2. The highest BCUT2D eigenvalue weighted by molar-refractivity contribution is 7.92. The number of anilines is 1. The molecule has 1 N–H and O–H groups in total. The van der Waals surface area contributed by atoms with Gasteiger partial charge in [-0.05, 0) is 58.0 Å². The second kappa shape index (κ2) is 8.42. The van der Waals surface area contributed by atoms with E-state index in [0.29, 0.717) is 23.6 Å². The number of aryl methyl sites for hydroxylation is 1. The number of carbonyl (C=O) groups is 1. The molecular weight excluding hydrogens is 416 g/mol. The number of nitrogens with one attached hydrogen (secondary N) is 1. The number of carbonyl (C=O) groups excluding carboxylic acids is 1. The lowest BCUT2D eigenvalue weighted by Gasteiger charge is -2.39. The van der Waals surface area contributed by atoms with Gasteiger partial charge in [0.2, 0.25) is 15.9 Å². The molecule has 168 valence electrons. The lowest BCUT2D eigenvalue weighted by molar-refractivity contribution is -0.123. The summed E-state index contributed by atoms with van der Waals surface area (Å²) in [6.07, 6.45) is 1.64. The first-order valence-corrected chi connectivity index (χ1v) is 12.0. The Hall–Kier alpha value is -2.74. The fourth-order valence-electron chi connectivity index (χ4n) is 3.88. The van der Waals surface area contributed by atoms with E-state index in [0.717, 1.165) is 21.7 Å². The highest BCUT2D eigenvalue weighted by Crippen LogP contribution is 2.41. The average molecular weight is 447 g/mol. The zero-order chi connectivity index (χ0) is 23.0. The van der Waals surface area contributed by atoms with Crippen molar-refractivity contribution in [3.05, 3.63) is 53.6 Å². The van der Waals surface area contributed by atoms with Gasteiger partial charge in [0.15, 0.2) is 0 Å². The minimum Gasteiger partial charge on any atom is -0.497 e. The maximum absolute atomic E-state index is 13.2. The molecule has 2 aromatic carbocycles. The fourth-order valence-corrected chi connectivity index (χ4v) is 5.06. The summed E-state index contributed by atoms with van der Waals surface area (Å²) in [7, 11) is -2.10. The summed E-state index contributed by atoms with van der Waals surface area (Å²) in [5.74, 6) is 0.947. The van der Waals surface area contributed by atoms with Crippen molar-refractivity contribution in [2.45, 2.75) is 51.8 Å². The van der Waals surface area contributed by atoms with E-state index in [4.69, 9.17) is 9.47 Å². The molecule has 0 saturated heterocycles. The molecule has 7 nitrogen and oxygen atoms in total. The lowest BCUT2D eigenvalue weighted by Crippen LogP contribution is -2.50. The Morgan fingerprint density at radius 1 is 1.23 bits per heavy atom. The fraction of sp³-hybridized carbons (Fsp3) is 0.435. The largest absolute Gasteiger partial charge is 0.497 e. The van der Waals surface area contributed by atoms with Gasteiger partial charge in [0, 0.05) is 12.0 Å². The molecule has 1 aliphatic heterocycles. The summed E-state index contributed by atoms with van der Waals surface area (Å²) in [6, 6.07) is 11.3. The first-order chi connectivity index (χ1) is 14.4. The predicted molar refractivity (Wildman–Crippen MR) is 121 cm³/mol. The first kappa shape index (κ1) is 22.9. The van der Waals surface area contributed by atoms with E-state index in [9.17, 15) is 13.2 Å². The molecule has 2 atom stereocenters. The minimum atomic E-state index is -3.68. The van der Waals surface area contributed by atoms with Crippen molar-refractivity contribution in [1.29, 1.82) is 0 Å². The van der Waals surface area contributed by atoms with Crippen LogP contribution in [-0.4, -0.2) is 39.3 Å².